The van der Waals surface area contributed by atoms with Gasteiger partial charge in [-0.1, -0.05) is 17.7 Å². The maximum Gasteiger partial charge on any atom is 0.0912 e. The molecule has 80 valence electrons. The highest BCUT2D eigenvalue weighted by Gasteiger charge is 2.09. The van der Waals surface area contributed by atoms with Gasteiger partial charge in [-0.25, -0.2) is 0 Å². The van der Waals surface area contributed by atoms with Crippen LogP contribution in [0.25, 0.3) is 10.9 Å². The average molecular weight is 225 g/mol. The van der Waals surface area contributed by atoms with Gasteiger partial charge < -0.3 is 15.4 Å². The summed E-state index contributed by atoms with van der Waals surface area (Å²) in [6, 6.07) is 5.70. The lowest BCUT2D eigenvalue weighted by molar-refractivity contribution is 0.187. The first-order valence-corrected chi connectivity index (χ1v) is 5.14. The first-order valence-electron chi connectivity index (χ1n) is 4.76. The van der Waals surface area contributed by atoms with Gasteiger partial charge in [-0.2, -0.15) is 0 Å². The molecule has 0 saturated heterocycles. The van der Waals surface area contributed by atoms with Crippen molar-refractivity contribution in [2.75, 3.05) is 6.54 Å². The van der Waals surface area contributed by atoms with Crippen LogP contribution in [0.4, 0.5) is 0 Å². The van der Waals surface area contributed by atoms with Gasteiger partial charge >= 0.3 is 0 Å². The van der Waals surface area contributed by atoms with E-state index in [-0.39, 0.29) is 6.54 Å². The van der Waals surface area contributed by atoms with Crippen LogP contribution < -0.4 is 5.73 Å². The molecule has 0 aliphatic rings. The summed E-state index contributed by atoms with van der Waals surface area (Å²) >= 11 is 6.06. The molecule has 0 spiro atoms. The number of nitrogens with zero attached hydrogens (tertiary/aromatic N) is 1. The van der Waals surface area contributed by atoms with Crippen LogP contribution in [0.3, 0.4) is 0 Å². The van der Waals surface area contributed by atoms with Gasteiger partial charge in [0.25, 0.3) is 0 Å². The summed E-state index contributed by atoms with van der Waals surface area (Å²) in [5, 5.41) is 11.3. The van der Waals surface area contributed by atoms with Crippen molar-refractivity contribution in [2.24, 2.45) is 12.8 Å². The van der Waals surface area contributed by atoms with Crippen LogP contribution in [0.2, 0.25) is 5.02 Å². The quantitative estimate of drug-likeness (QED) is 0.818. The summed E-state index contributed by atoms with van der Waals surface area (Å²) in [5.41, 5.74) is 7.26. The van der Waals surface area contributed by atoms with Crippen molar-refractivity contribution < 1.29 is 5.11 Å². The molecule has 4 heteroatoms. The third kappa shape index (κ3) is 1.74. The molecule has 0 bridgehead atoms. The molecule has 1 aromatic heterocycles. The zero-order valence-electron chi connectivity index (χ0n) is 8.44. The standard InChI is InChI=1S/C11H13ClN2O/c1-14-6-9(12)8-4-7(11(15)5-13)2-3-10(8)14/h2-4,6,11,15H,5,13H2,1H3. The number of fused-ring (bicyclic) bond motifs is 1. The van der Waals surface area contributed by atoms with Crippen LogP contribution in [0.1, 0.15) is 11.7 Å². The van der Waals surface area contributed by atoms with Gasteiger partial charge in [0.15, 0.2) is 0 Å². The minimum Gasteiger partial charge on any atom is -0.387 e. The molecule has 15 heavy (non-hydrogen) atoms. The molecular weight excluding hydrogens is 212 g/mol. The zero-order valence-corrected chi connectivity index (χ0v) is 9.20. The van der Waals surface area contributed by atoms with Gasteiger partial charge in [-0.3, -0.25) is 0 Å². The van der Waals surface area contributed by atoms with E-state index in [0.29, 0.717) is 5.02 Å². The van der Waals surface area contributed by atoms with Crippen molar-refractivity contribution in [2.45, 2.75) is 6.10 Å². The zero-order chi connectivity index (χ0) is 11.0. The van der Waals surface area contributed by atoms with Gasteiger partial charge in [0.1, 0.15) is 0 Å². The molecule has 3 N–H and O–H groups in total. The van der Waals surface area contributed by atoms with E-state index in [0.717, 1.165) is 16.5 Å². The molecule has 1 heterocycles. The van der Waals surface area contributed by atoms with E-state index in [4.69, 9.17) is 17.3 Å². The monoisotopic (exact) mass is 224 g/mol. The van der Waals surface area contributed by atoms with E-state index in [1.807, 2.05) is 36.0 Å². The summed E-state index contributed by atoms with van der Waals surface area (Å²) in [7, 11) is 1.94. The summed E-state index contributed by atoms with van der Waals surface area (Å²) in [4.78, 5) is 0. The number of aliphatic hydroxyl groups excluding tert-OH is 1. The molecule has 0 saturated carbocycles. The fraction of sp³-hybridized carbons (Fsp3) is 0.273. The molecule has 0 amide bonds. The van der Waals surface area contributed by atoms with Crippen molar-refractivity contribution >= 4 is 22.5 Å². The minimum absolute atomic E-state index is 0.218. The number of aromatic nitrogens is 1. The maximum absolute atomic E-state index is 9.61. The summed E-state index contributed by atoms with van der Waals surface area (Å²) in [5.74, 6) is 0. The molecular formula is C11H13ClN2O. The van der Waals surface area contributed by atoms with Gasteiger partial charge in [-0.15, -0.1) is 0 Å². The van der Waals surface area contributed by atoms with Crippen molar-refractivity contribution in [3.63, 3.8) is 0 Å². The number of aryl methyl sites for hydroxylation is 1. The Morgan fingerprint density at radius 3 is 2.93 bits per heavy atom. The van der Waals surface area contributed by atoms with Gasteiger partial charge in [-0.05, 0) is 17.7 Å². The molecule has 0 radical (unpaired) electrons. The van der Waals surface area contributed by atoms with Crippen LogP contribution >= 0.6 is 11.6 Å². The Balaban J connectivity index is 2.60. The van der Waals surface area contributed by atoms with Gasteiger partial charge in [0.2, 0.25) is 0 Å². The minimum atomic E-state index is -0.620. The smallest absolute Gasteiger partial charge is 0.0912 e. The highest BCUT2D eigenvalue weighted by atomic mass is 35.5. The van der Waals surface area contributed by atoms with E-state index in [2.05, 4.69) is 0 Å². The van der Waals surface area contributed by atoms with Gasteiger partial charge in [0, 0.05) is 30.7 Å². The van der Waals surface area contributed by atoms with E-state index < -0.39 is 6.10 Å². The second kappa shape index (κ2) is 3.85. The van der Waals surface area contributed by atoms with Crippen LogP contribution in [-0.2, 0) is 7.05 Å². The highest BCUT2D eigenvalue weighted by Crippen LogP contribution is 2.27. The van der Waals surface area contributed by atoms with Crippen molar-refractivity contribution in [1.82, 2.24) is 4.57 Å². The molecule has 0 aliphatic carbocycles. The Kier molecular flexibility index (Phi) is 2.69. The third-order valence-corrected chi connectivity index (χ3v) is 2.87. The highest BCUT2D eigenvalue weighted by molar-refractivity contribution is 6.35. The van der Waals surface area contributed by atoms with Gasteiger partial charge in [0.05, 0.1) is 11.1 Å². The number of halogens is 1. The Labute approximate surface area is 93.1 Å². The number of hydrogen-bond donors (Lipinski definition) is 2. The topological polar surface area (TPSA) is 51.2 Å². The van der Waals surface area contributed by atoms with Crippen molar-refractivity contribution in [3.05, 3.63) is 35.0 Å². The summed E-state index contributed by atoms with van der Waals surface area (Å²) < 4.78 is 1.95. The van der Waals surface area contributed by atoms with E-state index >= 15 is 0 Å². The number of nitrogens with two attached hydrogens (primary N) is 1. The van der Waals surface area contributed by atoms with Crippen molar-refractivity contribution in [1.29, 1.82) is 0 Å². The lowest BCUT2D eigenvalue weighted by Gasteiger charge is -2.08. The SMILES string of the molecule is Cn1cc(Cl)c2cc(C(O)CN)ccc21. The first-order chi connectivity index (χ1) is 7.13. The van der Waals surface area contributed by atoms with E-state index in [1.54, 1.807) is 0 Å². The van der Waals surface area contributed by atoms with Crippen LogP contribution in [0.15, 0.2) is 24.4 Å². The molecule has 1 unspecified atom stereocenters. The Bertz CT molecular complexity index is 493. The fourth-order valence-corrected chi connectivity index (χ4v) is 2.00. The number of benzene rings is 1. The van der Waals surface area contributed by atoms with Crippen LogP contribution in [-0.4, -0.2) is 16.2 Å². The lowest BCUT2D eigenvalue weighted by Crippen LogP contribution is -2.11. The van der Waals surface area contributed by atoms with Crippen LogP contribution in [0, 0.1) is 0 Å². The summed E-state index contributed by atoms with van der Waals surface area (Å²) in [6.45, 7) is 0.218. The molecule has 1 atom stereocenters. The number of hydrogen-bond acceptors (Lipinski definition) is 2. The molecule has 0 aliphatic heterocycles. The first kappa shape index (κ1) is 10.5. The molecule has 2 aromatic rings. The normalized spacial score (nSPS) is 13.3. The fourth-order valence-electron chi connectivity index (χ4n) is 1.70. The number of aliphatic hydroxyl groups is 1. The summed E-state index contributed by atoms with van der Waals surface area (Å²) in [6.07, 6.45) is 1.23. The van der Waals surface area contributed by atoms with Crippen LogP contribution in [0.5, 0.6) is 0 Å². The molecule has 1 aromatic carbocycles. The van der Waals surface area contributed by atoms with Crippen molar-refractivity contribution in [3.8, 4) is 0 Å². The predicted molar refractivity (Wildman–Crippen MR) is 61.9 cm³/mol. The molecule has 3 nitrogen and oxygen atoms in total. The third-order valence-electron chi connectivity index (χ3n) is 2.57. The average Bonchev–Trinajstić information content (AvgIpc) is 2.53. The second-order valence-corrected chi connectivity index (χ2v) is 4.02. The number of rotatable bonds is 2. The Morgan fingerprint density at radius 2 is 2.27 bits per heavy atom. The maximum atomic E-state index is 9.61. The van der Waals surface area contributed by atoms with E-state index in [1.165, 1.54) is 0 Å². The van der Waals surface area contributed by atoms with E-state index in [9.17, 15) is 5.11 Å². The lowest BCUT2D eigenvalue weighted by atomic mass is 10.1. The Hall–Kier alpha value is -1.03. The largest absolute Gasteiger partial charge is 0.387 e. The second-order valence-electron chi connectivity index (χ2n) is 3.62. The molecule has 2 rings (SSSR count). The predicted octanol–water partition coefficient (Wildman–Crippen LogP) is 1.82. The molecule has 0 fully saturated rings. The Morgan fingerprint density at radius 1 is 1.53 bits per heavy atom.